The third kappa shape index (κ3) is 2.81. The van der Waals surface area contributed by atoms with Gasteiger partial charge in [0.15, 0.2) is 5.17 Å². The highest BCUT2D eigenvalue weighted by Crippen LogP contribution is 2.30. The van der Waals surface area contributed by atoms with Gasteiger partial charge in [-0.05, 0) is 30.8 Å². The molecular weight excluding hydrogens is 274 g/mol. The SMILES string of the molecule is Cc1ccc(/C=C2/SC(N3CC[NH+](C)CC3)=NC2=O)o1. The van der Waals surface area contributed by atoms with Gasteiger partial charge in [0.2, 0.25) is 0 Å². The first kappa shape index (κ1) is 13.5. The molecule has 1 fully saturated rings. The van der Waals surface area contributed by atoms with Crippen LogP contribution in [0.5, 0.6) is 0 Å². The van der Waals surface area contributed by atoms with E-state index in [9.17, 15) is 4.79 Å². The summed E-state index contributed by atoms with van der Waals surface area (Å²) in [6, 6.07) is 3.76. The third-order valence-corrected chi connectivity index (χ3v) is 4.58. The molecule has 1 aromatic heterocycles. The molecular formula is C14H18N3O2S+. The summed E-state index contributed by atoms with van der Waals surface area (Å²) in [5.74, 6) is 1.39. The maximum atomic E-state index is 12.0. The van der Waals surface area contributed by atoms with Gasteiger partial charge in [0.25, 0.3) is 5.91 Å². The van der Waals surface area contributed by atoms with Gasteiger partial charge in [-0.1, -0.05) is 0 Å². The summed E-state index contributed by atoms with van der Waals surface area (Å²) in [5.41, 5.74) is 0. The summed E-state index contributed by atoms with van der Waals surface area (Å²) in [4.78, 5) is 20.5. The Balaban J connectivity index is 1.71. The van der Waals surface area contributed by atoms with Crippen molar-refractivity contribution in [1.82, 2.24) is 4.90 Å². The van der Waals surface area contributed by atoms with Crippen LogP contribution in [0.3, 0.4) is 0 Å². The molecule has 3 heterocycles. The topological polar surface area (TPSA) is 50.2 Å². The maximum Gasteiger partial charge on any atom is 0.286 e. The number of thioether (sulfide) groups is 1. The van der Waals surface area contributed by atoms with Crippen molar-refractivity contribution in [1.29, 1.82) is 0 Å². The largest absolute Gasteiger partial charge is 0.462 e. The Morgan fingerprint density at radius 3 is 2.80 bits per heavy atom. The maximum absolute atomic E-state index is 12.0. The number of nitrogens with zero attached hydrogens (tertiary/aromatic N) is 2. The average molecular weight is 292 g/mol. The molecule has 2 aliphatic rings. The van der Waals surface area contributed by atoms with E-state index in [1.165, 1.54) is 16.7 Å². The van der Waals surface area contributed by atoms with Gasteiger partial charge in [-0.3, -0.25) is 4.79 Å². The van der Waals surface area contributed by atoms with E-state index in [1.807, 2.05) is 19.1 Å². The van der Waals surface area contributed by atoms with Crippen LogP contribution in [-0.4, -0.2) is 49.2 Å². The van der Waals surface area contributed by atoms with Crippen molar-refractivity contribution in [3.63, 3.8) is 0 Å². The van der Waals surface area contributed by atoms with E-state index in [1.54, 1.807) is 6.08 Å². The Bertz CT molecular complexity index is 583. The molecule has 0 bridgehead atoms. The fourth-order valence-corrected chi connectivity index (χ4v) is 3.22. The van der Waals surface area contributed by atoms with Crippen molar-refractivity contribution >= 4 is 28.9 Å². The van der Waals surface area contributed by atoms with Gasteiger partial charge in [-0.2, -0.15) is 4.99 Å². The molecule has 0 radical (unpaired) electrons. The van der Waals surface area contributed by atoms with Gasteiger partial charge < -0.3 is 14.2 Å². The number of amides is 1. The normalized spacial score (nSPS) is 22.7. The van der Waals surface area contributed by atoms with E-state index in [0.29, 0.717) is 10.7 Å². The quantitative estimate of drug-likeness (QED) is 0.761. The fourth-order valence-electron chi connectivity index (χ4n) is 2.27. The fraction of sp³-hybridized carbons (Fsp3) is 0.429. The molecule has 1 saturated heterocycles. The number of nitrogens with one attached hydrogen (secondary N) is 1. The minimum atomic E-state index is -0.162. The third-order valence-electron chi connectivity index (χ3n) is 3.53. The highest BCUT2D eigenvalue weighted by molar-refractivity contribution is 8.18. The summed E-state index contributed by atoms with van der Waals surface area (Å²) in [7, 11) is 2.19. The zero-order chi connectivity index (χ0) is 14.1. The van der Waals surface area contributed by atoms with Crippen LogP contribution in [0.25, 0.3) is 6.08 Å². The molecule has 1 aromatic rings. The van der Waals surface area contributed by atoms with Crippen molar-refractivity contribution in [2.24, 2.45) is 4.99 Å². The zero-order valence-electron chi connectivity index (χ0n) is 11.7. The summed E-state index contributed by atoms with van der Waals surface area (Å²) in [5, 5.41) is 0.831. The minimum Gasteiger partial charge on any atom is -0.462 e. The van der Waals surface area contributed by atoms with E-state index in [0.717, 1.165) is 37.1 Å². The summed E-state index contributed by atoms with van der Waals surface area (Å²) in [6.07, 6.45) is 1.78. The van der Waals surface area contributed by atoms with Gasteiger partial charge >= 0.3 is 0 Å². The molecule has 0 aliphatic carbocycles. The number of hydrogen-bond donors (Lipinski definition) is 1. The zero-order valence-corrected chi connectivity index (χ0v) is 12.5. The molecule has 20 heavy (non-hydrogen) atoms. The number of aryl methyl sites for hydroxylation is 1. The standard InChI is InChI=1S/C14H17N3O2S/c1-10-3-4-11(19-10)9-12-13(18)15-14(20-12)17-7-5-16(2)6-8-17/h3-4,9H,5-8H2,1-2H3/p+1/b12-9+. The second-order valence-electron chi connectivity index (χ2n) is 5.20. The number of hydrogen-bond acceptors (Lipinski definition) is 4. The molecule has 1 N–H and O–H groups in total. The van der Waals surface area contributed by atoms with E-state index in [4.69, 9.17) is 4.42 Å². The van der Waals surface area contributed by atoms with E-state index in [2.05, 4.69) is 16.9 Å². The second kappa shape index (κ2) is 5.46. The lowest BCUT2D eigenvalue weighted by Gasteiger charge is -2.30. The molecule has 1 amide bonds. The van der Waals surface area contributed by atoms with Gasteiger partial charge in [-0.15, -0.1) is 0 Å². The first-order chi connectivity index (χ1) is 9.61. The van der Waals surface area contributed by atoms with Gasteiger partial charge in [0, 0.05) is 6.08 Å². The lowest BCUT2D eigenvalue weighted by molar-refractivity contribution is -0.883. The summed E-state index contributed by atoms with van der Waals surface area (Å²) < 4.78 is 5.48. The monoisotopic (exact) mass is 292 g/mol. The van der Waals surface area contributed by atoms with Crippen LogP contribution >= 0.6 is 11.8 Å². The number of furan rings is 1. The predicted molar refractivity (Wildman–Crippen MR) is 79.6 cm³/mol. The molecule has 0 spiro atoms. The van der Waals surface area contributed by atoms with Crippen LogP contribution in [-0.2, 0) is 4.79 Å². The van der Waals surface area contributed by atoms with E-state index >= 15 is 0 Å². The molecule has 0 aromatic carbocycles. The highest BCUT2D eigenvalue weighted by Gasteiger charge is 2.28. The van der Waals surface area contributed by atoms with Gasteiger partial charge in [0.1, 0.15) is 11.5 Å². The Morgan fingerprint density at radius 2 is 2.15 bits per heavy atom. The average Bonchev–Trinajstić information content (AvgIpc) is 2.98. The molecule has 2 aliphatic heterocycles. The molecule has 6 heteroatoms. The van der Waals surface area contributed by atoms with Crippen molar-refractivity contribution in [2.75, 3.05) is 33.2 Å². The summed E-state index contributed by atoms with van der Waals surface area (Å²) >= 11 is 1.45. The van der Waals surface area contributed by atoms with Gasteiger partial charge in [-0.25, -0.2) is 0 Å². The van der Waals surface area contributed by atoms with Crippen molar-refractivity contribution in [3.8, 4) is 0 Å². The molecule has 3 rings (SSSR count). The Hall–Kier alpha value is -1.53. The second-order valence-corrected chi connectivity index (χ2v) is 6.21. The number of piperazine rings is 1. The lowest BCUT2D eigenvalue weighted by Crippen LogP contribution is -3.12. The number of aliphatic imine (C=N–C) groups is 1. The first-order valence-corrected chi connectivity index (χ1v) is 7.59. The van der Waals surface area contributed by atoms with Crippen LogP contribution in [0.1, 0.15) is 11.5 Å². The van der Waals surface area contributed by atoms with Crippen molar-refractivity contribution in [3.05, 3.63) is 28.6 Å². The molecule has 5 nitrogen and oxygen atoms in total. The Kier molecular flexibility index (Phi) is 3.67. The highest BCUT2D eigenvalue weighted by atomic mass is 32.2. The van der Waals surface area contributed by atoms with Crippen LogP contribution in [0.4, 0.5) is 0 Å². The Labute approximate surface area is 122 Å². The van der Waals surface area contributed by atoms with Gasteiger partial charge in [0.05, 0.1) is 38.1 Å². The number of quaternary nitrogens is 1. The number of carbonyl (C=O) groups is 1. The minimum absolute atomic E-state index is 0.162. The van der Waals surface area contributed by atoms with Crippen molar-refractivity contribution in [2.45, 2.75) is 6.92 Å². The molecule has 0 unspecified atom stereocenters. The summed E-state index contributed by atoms with van der Waals surface area (Å²) in [6.45, 7) is 5.98. The molecule has 0 saturated carbocycles. The number of amidine groups is 1. The van der Waals surface area contributed by atoms with E-state index < -0.39 is 0 Å². The lowest BCUT2D eigenvalue weighted by atomic mass is 10.3. The number of likely N-dealkylation sites (N-methyl/N-ethyl adjacent to an activating group) is 1. The van der Waals surface area contributed by atoms with Crippen LogP contribution in [0.2, 0.25) is 0 Å². The molecule has 0 atom stereocenters. The smallest absolute Gasteiger partial charge is 0.286 e. The van der Waals surface area contributed by atoms with E-state index in [-0.39, 0.29) is 5.91 Å². The predicted octanol–water partition coefficient (Wildman–Crippen LogP) is 0.389. The Morgan fingerprint density at radius 1 is 1.40 bits per heavy atom. The van der Waals surface area contributed by atoms with Crippen molar-refractivity contribution < 1.29 is 14.1 Å². The number of rotatable bonds is 1. The van der Waals surface area contributed by atoms with Crippen LogP contribution in [0.15, 0.2) is 26.4 Å². The van der Waals surface area contributed by atoms with Crippen LogP contribution in [0, 0.1) is 6.92 Å². The number of carbonyl (C=O) groups excluding carboxylic acids is 1. The first-order valence-electron chi connectivity index (χ1n) is 6.77. The molecule has 106 valence electrons. The van der Waals surface area contributed by atoms with Crippen LogP contribution < -0.4 is 4.90 Å².